The van der Waals surface area contributed by atoms with Crippen LogP contribution in [0, 0.1) is 6.92 Å². The van der Waals surface area contributed by atoms with Gasteiger partial charge in [-0.25, -0.2) is 9.38 Å². The Morgan fingerprint density at radius 3 is 2.62 bits per heavy atom. The van der Waals surface area contributed by atoms with E-state index in [-0.39, 0.29) is 5.95 Å². The molecule has 2 aromatic heterocycles. The minimum absolute atomic E-state index is 0.258. The number of hydrogen-bond acceptors (Lipinski definition) is 5. The van der Waals surface area contributed by atoms with E-state index in [1.807, 2.05) is 0 Å². The van der Waals surface area contributed by atoms with E-state index >= 15 is 0 Å². The molecule has 0 aliphatic carbocycles. The summed E-state index contributed by atoms with van der Waals surface area (Å²) < 4.78 is 1.56. The van der Waals surface area contributed by atoms with Gasteiger partial charge in [0.2, 0.25) is 5.95 Å². The van der Waals surface area contributed by atoms with E-state index in [9.17, 15) is 0 Å². The Kier molecular flexibility index (Phi) is 1.33. The normalized spacial score (nSPS) is 10.8. The van der Waals surface area contributed by atoms with E-state index in [0.29, 0.717) is 17.3 Å². The first-order valence-electron chi connectivity index (χ1n) is 3.76. The van der Waals surface area contributed by atoms with E-state index in [1.165, 1.54) is 0 Å². The Balaban J connectivity index is 2.94. The number of nitrogens with zero attached hydrogens (tertiary/aromatic N) is 3. The molecule has 0 fully saturated rings. The molecule has 0 atom stereocenters. The molecule has 2 heterocycles. The van der Waals surface area contributed by atoms with Gasteiger partial charge >= 0.3 is 0 Å². The van der Waals surface area contributed by atoms with E-state index < -0.39 is 0 Å². The van der Waals surface area contributed by atoms with Crippen LogP contribution >= 0.6 is 0 Å². The first kappa shape index (κ1) is 7.66. The molecule has 0 aliphatic heterocycles. The van der Waals surface area contributed by atoms with Crippen LogP contribution in [0.1, 0.15) is 5.69 Å². The van der Waals surface area contributed by atoms with E-state index in [4.69, 9.17) is 17.2 Å². The highest BCUT2D eigenvalue weighted by Crippen LogP contribution is 2.18. The smallest absolute Gasteiger partial charge is 0.209 e. The van der Waals surface area contributed by atoms with Gasteiger partial charge in [-0.1, -0.05) is 0 Å². The molecule has 0 saturated carbocycles. The van der Waals surface area contributed by atoms with Crippen LogP contribution in [0.4, 0.5) is 17.6 Å². The molecule has 2 rings (SSSR count). The number of hydrogen-bond donors (Lipinski definition) is 3. The fraction of sp³-hybridized carbons (Fsp3) is 0.143. The highest BCUT2D eigenvalue weighted by Gasteiger charge is 2.08. The lowest BCUT2D eigenvalue weighted by atomic mass is 10.5. The SMILES string of the molecule is Cc1nc2cc(N)nc(N)n2c1N. The Labute approximate surface area is 74.4 Å². The van der Waals surface area contributed by atoms with Crippen molar-refractivity contribution in [3.8, 4) is 0 Å². The highest BCUT2D eigenvalue weighted by molar-refractivity contribution is 5.60. The maximum absolute atomic E-state index is 5.73. The van der Waals surface area contributed by atoms with Crippen molar-refractivity contribution >= 4 is 23.2 Å². The summed E-state index contributed by atoms with van der Waals surface area (Å²) in [5.41, 5.74) is 18.2. The van der Waals surface area contributed by atoms with Crippen LogP contribution in [-0.2, 0) is 0 Å². The van der Waals surface area contributed by atoms with Crippen molar-refractivity contribution in [1.82, 2.24) is 14.4 Å². The van der Waals surface area contributed by atoms with Crippen LogP contribution < -0.4 is 17.2 Å². The first-order valence-corrected chi connectivity index (χ1v) is 3.76. The third-order valence-electron chi connectivity index (χ3n) is 1.87. The molecule has 0 amide bonds. The molecule has 0 bridgehead atoms. The average Bonchev–Trinajstić information content (AvgIpc) is 2.27. The quantitative estimate of drug-likeness (QED) is 0.517. The molecule has 6 heteroatoms. The van der Waals surface area contributed by atoms with Crippen molar-refractivity contribution in [2.45, 2.75) is 6.92 Å². The highest BCUT2D eigenvalue weighted by atomic mass is 15.2. The summed E-state index contributed by atoms with van der Waals surface area (Å²) in [5, 5.41) is 0. The molecule has 0 radical (unpaired) electrons. The summed E-state index contributed by atoms with van der Waals surface area (Å²) in [7, 11) is 0. The zero-order chi connectivity index (χ0) is 9.59. The van der Waals surface area contributed by atoms with Gasteiger partial charge < -0.3 is 17.2 Å². The summed E-state index contributed by atoms with van der Waals surface area (Å²) >= 11 is 0. The second-order valence-corrected chi connectivity index (χ2v) is 2.82. The summed E-state index contributed by atoms with van der Waals surface area (Å²) in [6.45, 7) is 1.80. The predicted molar refractivity (Wildman–Crippen MR) is 51.0 cm³/mol. The number of fused-ring (bicyclic) bond motifs is 1. The Bertz CT molecular complexity index is 471. The van der Waals surface area contributed by atoms with Crippen LogP contribution in [0.15, 0.2) is 6.07 Å². The zero-order valence-electron chi connectivity index (χ0n) is 7.15. The molecule has 0 aromatic carbocycles. The standard InChI is InChI=1S/C7H10N6/c1-3-6(9)13-5(11-3)2-4(8)12-7(13)10/h2H,8-9H2,1H3,(H2,10,12). The van der Waals surface area contributed by atoms with Crippen LogP contribution in [0.5, 0.6) is 0 Å². The molecule has 0 unspecified atom stereocenters. The van der Waals surface area contributed by atoms with Gasteiger partial charge in [0, 0.05) is 6.07 Å². The number of nitrogen functional groups attached to an aromatic ring is 3. The molecule has 13 heavy (non-hydrogen) atoms. The second-order valence-electron chi connectivity index (χ2n) is 2.82. The third kappa shape index (κ3) is 0.952. The van der Waals surface area contributed by atoms with Crippen LogP contribution in [0.3, 0.4) is 0 Å². The van der Waals surface area contributed by atoms with Gasteiger partial charge in [0.25, 0.3) is 0 Å². The van der Waals surface area contributed by atoms with Gasteiger partial charge in [0.15, 0.2) is 0 Å². The van der Waals surface area contributed by atoms with Gasteiger partial charge in [-0.05, 0) is 6.92 Å². The number of aryl methyl sites for hydroxylation is 1. The number of imidazole rings is 1. The number of aromatic nitrogens is 3. The van der Waals surface area contributed by atoms with Crippen molar-refractivity contribution in [2.75, 3.05) is 17.2 Å². The molecule has 0 spiro atoms. The van der Waals surface area contributed by atoms with E-state index in [0.717, 1.165) is 5.69 Å². The Morgan fingerprint density at radius 2 is 1.92 bits per heavy atom. The van der Waals surface area contributed by atoms with Crippen molar-refractivity contribution in [3.05, 3.63) is 11.8 Å². The summed E-state index contributed by atoms with van der Waals surface area (Å²) in [5.74, 6) is 1.10. The largest absolute Gasteiger partial charge is 0.383 e. The van der Waals surface area contributed by atoms with Crippen molar-refractivity contribution < 1.29 is 0 Å². The predicted octanol–water partition coefficient (Wildman–Crippen LogP) is -0.216. The van der Waals surface area contributed by atoms with Crippen molar-refractivity contribution in [3.63, 3.8) is 0 Å². The minimum Gasteiger partial charge on any atom is -0.383 e. The van der Waals surface area contributed by atoms with Gasteiger partial charge in [-0.2, -0.15) is 4.98 Å². The fourth-order valence-corrected chi connectivity index (χ4v) is 1.25. The lowest BCUT2D eigenvalue weighted by Crippen LogP contribution is -2.05. The fourth-order valence-electron chi connectivity index (χ4n) is 1.25. The number of nitrogens with two attached hydrogens (primary N) is 3. The maximum atomic E-state index is 5.73. The molecule has 0 aliphatic rings. The molecule has 0 saturated heterocycles. The molecule has 2 aromatic rings. The molecular formula is C7H10N6. The summed E-state index contributed by atoms with van der Waals surface area (Å²) in [4.78, 5) is 8.05. The molecular weight excluding hydrogens is 168 g/mol. The van der Waals surface area contributed by atoms with Gasteiger partial charge in [0.1, 0.15) is 17.3 Å². The van der Waals surface area contributed by atoms with E-state index in [2.05, 4.69) is 9.97 Å². The monoisotopic (exact) mass is 178 g/mol. The van der Waals surface area contributed by atoms with Crippen LogP contribution in [-0.4, -0.2) is 14.4 Å². The third-order valence-corrected chi connectivity index (χ3v) is 1.87. The lowest BCUT2D eigenvalue weighted by molar-refractivity contribution is 1.12. The molecule has 6 N–H and O–H groups in total. The van der Waals surface area contributed by atoms with Crippen LogP contribution in [0.2, 0.25) is 0 Å². The Morgan fingerprint density at radius 1 is 1.23 bits per heavy atom. The molecule has 68 valence electrons. The van der Waals surface area contributed by atoms with Gasteiger partial charge in [-0.3, -0.25) is 0 Å². The topological polar surface area (TPSA) is 108 Å². The summed E-state index contributed by atoms with van der Waals surface area (Å²) in [6, 6.07) is 1.62. The maximum Gasteiger partial charge on any atom is 0.209 e. The zero-order valence-corrected chi connectivity index (χ0v) is 7.15. The lowest BCUT2D eigenvalue weighted by Gasteiger charge is -2.01. The number of rotatable bonds is 0. The first-order chi connectivity index (χ1) is 6.09. The van der Waals surface area contributed by atoms with Gasteiger partial charge in [-0.15, -0.1) is 0 Å². The van der Waals surface area contributed by atoms with Crippen molar-refractivity contribution in [2.24, 2.45) is 0 Å². The Hall–Kier alpha value is -1.98. The van der Waals surface area contributed by atoms with Crippen LogP contribution in [0.25, 0.3) is 5.65 Å². The second kappa shape index (κ2) is 2.25. The number of anilines is 3. The average molecular weight is 178 g/mol. The minimum atomic E-state index is 0.258. The molecule has 6 nitrogen and oxygen atoms in total. The van der Waals surface area contributed by atoms with Crippen molar-refractivity contribution in [1.29, 1.82) is 0 Å². The summed E-state index contributed by atoms with van der Waals surface area (Å²) in [6.07, 6.45) is 0. The van der Waals surface area contributed by atoms with Gasteiger partial charge in [0.05, 0.1) is 5.69 Å². The van der Waals surface area contributed by atoms with E-state index in [1.54, 1.807) is 17.4 Å².